The third kappa shape index (κ3) is 3.11. The SMILES string of the molecule is Cc1oc(C(=O)O)cc1S(=O)(=O)N(C)Cc1ccccn1. The van der Waals surface area contributed by atoms with E-state index in [9.17, 15) is 13.2 Å². The molecule has 0 amide bonds. The summed E-state index contributed by atoms with van der Waals surface area (Å²) in [5, 5.41) is 8.85. The van der Waals surface area contributed by atoms with Gasteiger partial charge in [-0.2, -0.15) is 4.31 Å². The van der Waals surface area contributed by atoms with Gasteiger partial charge in [0, 0.05) is 19.3 Å². The van der Waals surface area contributed by atoms with Gasteiger partial charge in [-0.1, -0.05) is 6.07 Å². The first-order valence-electron chi connectivity index (χ1n) is 6.02. The third-order valence-corrected chi connectivity index (χ3v) is 4.79. The first-order valence-corrected chi connectivity index (χ1v) is 7.46. The van der Waals surface area contributed by atoms with Gasteiger partial charge in [0.1, 0.15) is 10.7 Å². The van der Waals surface area contributed by atoms with E-state index in [1.165, 1.54) is 14.0 Å². The van der Waals surface area contributed by atoms with Gasteiger partial charge in [-0.25, -0.2) is 13.2 Å². The first kappa shape index (κ1) is 15.2. The summed E-state index contributed by atoms with van der Waals surface area (Å²) in [6.07, 6.45) is 1.57. The molecule has 21 heavy (non-hydrogen) atoms. The van der Waals surface area contributed by atoms with Crippen LogP contribution in [0.1, 0.15) is 22.0 Å². The Bertz CT molecular complexity index is 752. The van der Waals surface area contributed by atoms with E-state index in [-0.39, 0.29) is 17.2 Å². The van der Waals surface area contributed by atoms with Crippen LogP contribution in [0, 0.1) is 6.92 Å². The van der Waals surface area contributed by atoms with E-state index in [2.05, 4.69) is 4.98 Å². The number of sulfonamides is 1. The van der Waals surface area contributed by atoms with E-state index in [0.29, 0.717) is 5.69 Å². The molecule has 0 bridgehead atoms. The van der Waals surface area contributed by atoms with E-state index in [1.807, 2.05) is 0 Å². The summed E-state index contributed by atoms with van der Waals surface area (Å²) in [5.41, 5.74) is 0.586. The Morgan fingerprint density at radius 2 is 2.14 bits per heavy atom. The number of aryl methyl sites for hydroxylation is 1. The zero-order chi connectivity index (χ0) is 15.6. The van der Waals surface area contributed by atoms with E-state index in [4.69, 9.17) is 9.52 Å². The number of carbonyl (C=O) groups is 1. The highest BCUT2D eigenvalue weighted by molar-refractivity contribution is 7.89. The highest BCUT2D eigenvalue weighted by Crippen LogP contribution is 2.23. The summed E-state index contributed by atoms with van der Waals surface area (Å²) in [6, 6.07) is 6.21. The summed E-state index contributed by atoms with van der Waals surface area (Å²) >= 11 is 0. The molecule has 0 aromatic carbocycles. The van der Waals surface area contributed by atoms with Crippen LogP contribution in [-0.4, -0.2) is 35.8 Å². The minimum atomic E-state index is -3.84. The van der Waals surface area contributed by atoms with Crippen LogP contribution in [0.3, 0.4) is 0 Å². The van der Waals surface area contributed by atoms with Crippen LogP contribution in [-0.2, 0) is 16.6 Å². The molecule has 2 heterocycles. The van der Waals surface area contributed by atoms with Crippen molar-refractivity contribution in [1.29, 1.82) is 0 Å². The molecule has 2 aromatic heterocycles. The number of carboxylic acid groups (broad SMARTS) is 1. The average molecular weight is 310 g/mol. The largest absolute Gasteiger partial charge is 0.475 e. The fourth-order valence-corrected chi connectivity index (χ4v) is 3.10. The maximum absolute atomic E-state index is 12.4. The third-order valence-electron chi connectivity index (χ3n) is 2.88. The molecule has 0 radical (unpaired) electrons. The van der Waals surface area contributed by atoms with Gasteiger partial charge in [0.25, 0.3) is 0 Å². The molecule has 0 aliphatic rings. The quantitative estimate of drug-likeness (QED) is 0.898. The van der Waals surface area contributed by atoms with Crippen molar-refractivity contribution in [2.45, 2.75) is 18.4 Å². The van der Waals surface area contributed by atoms with Crippen molar-refractivity contribution < 1.29 is 22.7 Å². The topological polar surface area (TPSA) is 101 Å². The number of hydrogen-bond acceptors (Lipinski definition) is 5. The summed E-state index contributed by atoms with van der Waals surface area (Å²) < 4.78 is 30.9. The molecule has 8 heteroatoms. The summed E-state index contributed by atoms with van der Waals surface area (Å²) in [5.74, 6) is -1.68. The Labute approximate surface area is 121 Å². The Hall–Kier alpha value is -2.19. The number of aromatic nitrogens is 1. The van der Waals surface area contributed by atoms with Crippen molar-refractivity contribution in [3.05, 3.63) is 47.7 Å². The van der Waals surface area contributed by atoms with E-state index < -0.39 is 21.8 Å². The molecule has 7 nitrogen and oxygen atoms in total. The second kappa shape index (κ2) is 5.66. The van der Waals surface area contributed by atoms with Gasteiger partial charge in [-0.15, -0.1) is 0 Å². The summed E-state index contributed by atoms with van der Waals surface area (Å²) in [4.78, 5) is 14.7. The molecule has 0 fully saturated rings. The molecule has 1 N–H and O–H groups in total. The lowest BCUT2D eigenvalue weighted by atomic mass is 10.3. The van der Waals surface area contributed by atoms with Gasteiger partial charge >= 0.3 is 5.97 Å². The Morgan fingerprint density at radius 3 is 2.67 bits per heavy atom. The molecule has 0 atom stereocenters. The second-order valence-corrected chi connectivity index (χ2v) is 6.43. The maximum Gasteiger partial charge on any atom is 0.371 e. The lowest BCUT2D eigenvalue weighted by Crippen LogP contribution is -2.27. The van der Waals surface area contributed by atoms with Gasteiger partial charge < -0.3 is 9.52 Å². The molecule has 0 spiro atoms. The van der Waals surface area contributed by atoms with Gasteiger partial charge in [0.05, 0.1) is 12.2 Å². The van der Waals surface area contributed by atoms with E-state index >= 15 is 0 Å². The van der Waals surface area contributed by atoms with Gasteiger partial charge in [-0.05, 0) is 19.1 Å². The number of aromatic carboxylic acids is 1. The fraction of sp³-hybridized carbons (Fsp3) is 0.231. The lowest BCUT2D eigenvalue weighted by Gasteiger charge is -2.15. The van der Waals surface area contributed by atoms with Gasteiger partial charge in [-0.3, -0.25) is 4.98 Å². The molecule has 0 aliphatic heterocycles. The van der Waals surface area contributed by atoms with Crippen molar-refractivity contribution in [3.8, 4) is 0 Å². The van der Waals surface area contributed by atoms with Gasteiger partial charge in [0.15, 0.2) is 0 Å². The van der Waals surface area contributed by atoms with Crippen LogP contribution in [0.2, 0.25) is 0 Å². The molecule has 2 aromatic rings. The van der Waals surface area contributed by atoms with Crippen molar-refractivity contribution in [3.63, 3.8) is 0 Å². The number of rotatable bonds is 5. The van der Waals surface area contributed by atoms with Crippen molar-refractivity contribution >= 4 is 16.0 Å². The predicted molar refractivity (Wildman–Crippen MR) is 73.3 cm³/mol. The minimum absolute atomic E-state index is 0.0419. The standard InChI is InChI=1S/C13H14N2O5S/c1-9-12(7-11(20-9)13(16)17)21(18,19)15(2)8-10-5-3-4-6-14-10/h3-7H,8H2,1-2H3,(H,16,17). The first-order chi connectivity index (χ1) is 9.82. The van der Waals surface area contributed by atoms with Crippen LogP contribution < -0.4 is 0 Å². The lowest BCUT2D eigenvalue weighted by molar-refractivity contribution is 0.0661. The molecule has 2 rings (SSSR count). The van der Waals surface area contributed by atoms with E-state index in [1.54, 1.807) is 24.4 Å². The number of hydrogen-bond donors (Lipinski definition) is 1. The van der Waals surface area contributed by atoms with Crippen LogP contribution in [0.25, 0.3) is 0 Å². The summed E-state index contributed by atoms with van der Waals surface area (Å²) in [7, 11) is -2.44. The highest BCUT2D eigenvalue weighted by Gasteiger charge is 2.28. The molecular weight excluding hydrogens is 296 g/mol. The van der Waals surface area contributed by atoms with Crippen LogP contribution in [0.15, 0.2) is 39.8 Å². The van der Waals surface area contributed by atoms with Crippen molar-refractivity contribution in [2.24, 2.45) is 0 Å². The zero-order valence-electron chi connectivity index (χ0n) is 11.5. The number of furan rings is 1. The smallest absolute Gasteiger partial charge is 0.371 e. The minimum Gasteiger partial charge on any atom is -0.475 e. The molecule has 0 saturated carbocycles. The highest BCUT2D eigenvalue weighted by atomic mass is 32.2. The monoisotopic (exact) mass is 310 g/mol. The zero-order valence-corrected chi connectivity index (χ0v) is 12.3. The van der Waals surface area contributed by atoms with Crippen molar-refractivity contribution in [2.75, 3.05) is 7.05 Å². The Kier molecular flexibility index (Phi) is 4.10. The number of carboxylic acids is 1. The Balaban J connectivity index is 2.31. The van der Waals surface area contributed by atoms with Crippen molar-refractivity contribution in [1.82, 2.24) is 9.29 Å². The molecule has 0 unspecified atom stereocenters. The molecule has 0 aliphatic carbocycles. The number of nitrogens with zero attached hydrogens (tertiary/aromatic N) is 2. The Morgan fingerprint density at radius 1 is 1.43 bits per heavy atom. The molecular formula is C13H14N2O5S. The normalized spacial score (nSPS) is 11.8. The molecule has 112 valence electrons. The van der Waals surface area contributed by atoms with Crippen LogP contribution in [0.4, 0.5) is 0 Å². The average Bonchev–Trinajstić information content (AvgIpc) is 2.83. The maximum atomic E-state index is 12.4. The van der Waals surface area contributed by atoms with Gasteiger partial charge in [0.2, 0.25) is 15.8 Å². The van der Waals surface area contributed by atoms with Crippen LogP contribution in [0.5, 0.6) is 0 Å². The van der Waals surface area contributed by atoms with Crippen LogP contribution >= 0.6 is 0 Å². The van der Waals surface area contributed by atoms with E-state index in [0.717, 1.165) is 10.4 Å². The molecule has 0 saturated heterocycles. The summed E-state index contributed by atoms with van der Waals surface area (Å²) in [6.45, 7) is 1.49. The predicted octanol–water partition coefficient (Wildman–Crippen LogP) is 1.50. The fourth-order valence-electron chi connectivity index (χ4n) is 1.80. The number of pyridine rings is 1. The second-order valence-electron chi connectivity index (χ2n) is 4.42.